The predicted octanol–water partition coefficient (Wildman–Crippen LogP) is 2.82. The van der Waals surface area contributed by atoms with Crippen molar-refractivity contribution in [1.29, 1.82) is 0 Å². The van der Waals surface area contributed by atoms with Crippen molar-refractivity contribution in [3.8, 4) is 0 Å². The fourth-order valence-corrected chi connectivity index (χ4v) is 1.41. The molecule has 0 unspecified atom stereocenters. The monoisotopic (exact) mass is 231 g/mol. The first-order valence-electron chi connectivity index (χ1n) is 4.77. The number of alkyl halides is 3. The lowest BCUT2D eigenvalue weighted by atomic mass is 10.0. The second-order valence-corrected chi connectivity index (χ2v) is 3.48. The molecule has 1 amide bonds. The number of benzene rings is 1. The molecule has 1 rings (SSSR count). The van der Waals surface area contributed by atoms with Gasteiger partial charge in [0.25, 0.3) is 0 Å². The van der Waals surface area contributed by atoms with Crippen molar-refractivity contribution in [2.75, 3.05) is 0 Å². The lowest BCUT2D eigenvalue weighted by molar-refractivity contribution is -0.142. The van der Waals surface area contributed by atoms with Crippen molar-refractivity contribution in [2.45, 2.75) is 25.6 Å². The van der Waals surface area contributed by atoms with E-state index < -0.39 is 24.5 Å². The molecule has 16 heavy (non-hydrogen) atoms. The molecule has 0 radical (unpaired) electrons. The molecule has 5 heteroatoms. The normalized spacial score (nSPS) is 13.2. The van der Waals surface area contributed by atoms with Gasteiger partial charge in [-0.1, -0.05) is 30.3 Å². The summed E-state index contributed by atoms with van der Waals surface area (Å²) in [6.07, 6.45) is -5.36. The first-order chi connectivity index (χ1) is 7.38. The van der Waals surface area contributed by atoms with Crippen LogP contribution in [0, 0.1) is 0 Å². The molecule has 1 N–H and O–H groups in total. The van der Waals surface area contributed by atoms with Gasteiger partial charge >= 0.3 is 6.18 Å². The molecule has 0 bridgehead atoms. The minimum Gasteiger partial charge on any atom is -0.349 e. The van der Waals surface area contributed by atoms with Crippen LogP contribution in [0.25, 0.3) is 0 Å². The molecular formula is C11H12F3NO. The van der Waals surface area contributed by atoms with E-state index in [0.717, 1.165) is 0 Å². The molecule has 1 atom stereocenters. The number of rotatable bonds is 3. The van der Waals surface area contributed by atoms with Gasteiger partial charge in [0, 0.05) is 6.92 Å². The molecular weight excluding hydrogens is 219 g/mol. The van der Waals surface area contributed by atoms with Crippen LogP contribution < -0.4 is 5.32 Å². The van der Waals surface area contributed by atoms with E-state index in [4.69, 9.17) is 0 Å². The third-order valence-electron chi connectivity index (χ3n) is 2.02. The third kappa shape index (κ3) is 4.33. The van der Waals surface area contributed by atoms with Crippen LogP contribution in [-0.2, 0) is 4.79 Å². The van der Waals surface area contributed by atoms with E-state index in [1.807, 2.05) is 0 Å². The average Bonchev–Trinajstić information content (AvgIpc) is 2.15. The molecule has 1 aromatic rings. The van der Waals surface area contributed by atoms with Crippen LogP contribution >= 0.6 is 0 Å². The predicted molar refractivity (Wildman–Crippen MR) is 53.7 cm³/mol. The van der Waals surface area contributed by atoms with Crippen LogP contribution in [-0.4, -0.2) is 12.1 Å². The lowest BCUT2D eigenvalue weighted by Gasteiger charge is -2.19. The van der Waals surface area contributed by atoms with Gasteiger partial charge in [0.15, 0.2) is 0 Å². The van der Waals surface area contributed by atoms with E-state index in [-0.39, 0.29) is 0 Å². The first kappa shape index (κ1) is 12.5. The first-order valence-corrected chi connectivity index (χ1v) is 4.77. The topological polar surface area (TPSA) is 29.1 Å². The van der Waals surface area contributed by atoms with Gasteiger partial charge in [0.1, 0.15) is 0 Å². The highest BCUT2D eigenvalue weighted by molar-refractivity contribution is 5.73. The molecule has 0 saturated heterocycles. The zero-order valence-electron chi connectivity index (χ0n) is 8.71. The van der Waals surface area contributed by atoms with E-state index in [9.17, 15) is 18.0 Å². The Hall–Kier alpha value is -1.52. The van der Waals surface area contributed by atoms with E-state index >= 15 is 0 Å². The largest absolute Gasteiger partial charge is 0.391 e. The molecule has 2 nitrogen and oxygen atoms in total. The molecule has 0 aliphatic rings. The summed E-state index contributed by atoms with van der Waals surface area (Å²) in [6, 6.07) is 7.10. The van der Waals surface area contributed by atoms with Crippen LogP contribution in [0.1, 0.15) is 24.9 Å². The van der Waals surface area contributed by atoms with Crippen LogP contribution in [0.15, 0.2) is 30.3 Å². The summed E-state index contributed by atoms with van der Waals surface area (Å²) in [5.74, 6) is -0.474. The third-order valence-corrected chi connectivity index (χ3v) is 2.02. The maximum Gasteiger partial charge on any atom is 0.391 e. The number of hydrogen-bond acceptors (Lipinski definition) is 1. The summed E-state index contributed by atoms with van der Waals surface area (Å²) in [5.41, 5.74) is 0.454. The molecule has 0 aromatic heterocycles. The fourth-order valence-electron chi connectivity index (χ4n) is 1.41. The quantitative estimate of drug-likeness (QED) is 0.851. The zero-order chi connectivity index (χ0) is 12.2. The number of hydrogen-bond donors (Lipinski definition) is 1. The fraction of sp³-hybridized carbons (Fsp3) is 0.364. The number of carbonyl (C=O) groups is 1. The van der Waals surface area contributed by atoms with Crippen LogP contribution in [0.5, 0.6) is 0 Å². The highest BCUT2D eigenvalue weighted by Gasteiger charge is 2.32. The van der Waals surface area contributed by atoms with Crippen molar-refractivity contribution in [3.05, 3.63) is 35.9 Å². The molecule has 0 aliphatic heterocycles. The molecule has 0 spiro atoms. The Balaban J connectivity index is 2.84. The minimum absolute atomic E-state index is 0.454. The molecule has 0 heterocycles. The highest BCUT2D eigenvalue weighted by atomic mass is 19.4. The maximum atomic E-state index is 12.3. The van der Waals surface area contributed by atoms with Gasteiger partial charge in [-0.25, -0.2) is 0 Å². The second-order valence-electron chi connectivity index (χ2n) is 3.48. The molecule has 88 valence electrons. The minimum atomic E-state index is -4.30. The molecule has 1 aromatic carbocycles. The summed E-state index contributed by atoms with van der Waals surface area (Å²) >= 11 is 0. The van der Waals surface area contributed by atoms with Gasteiger partial charge < -0.3 is 5.32 Å². The Morgan fingerprint density at radius 1 is 1.31 bits per heavy atom. The van der Waals surface area contributed by atoms with Gasteiger partial charge in [0.2, 0.25) is 5.91 Å². The van der Waals surface area contributed by atoms with E-state index in [2.05, 4.69) is 5.32 Å². The second kappa shape index (κ2) is 5.01. The molecule has 0 saturated carbocycles. The summed E-state index contributed by atoms with van der Waals surface area (Å²) < 4.78 is 36.9. The Bertz CT molecular complexity index is 348. The van der Waals surface area contributed by atoms with Crippen molar-refractivity contribution < 1.29 is 18.0 Å². The van der Waals surface area contributed by atoms with Crippen LogP contribution in [0.3, 0.4) is 0 Å². The van der Waals surface area contributed by atoms with E-state index in [0.29, 0.717) is 5.56 Å². The van der Waals surface area contributed by atoms with Gasteiger partial charge in [-0.15, -0.1) is 0 Å². The van der Waals surface area contributed by atoms with Crippen LogP contribution in [0.2, 0.25) is 0 Å². The Kier molecular flexibility index (Phi) is 3.93. The number of nitrogens with one attached hydrogen (secondary N) is 1. The van der Waals surface area contributed by atoms with Gasteiger partial charge in [-0.2, -0.15) is 13.2 Å². The van der Waals surface area contributed by atoms with Crippen molar-refractivity contribution in [3.63, 3.8) is 0 Å². The maximum absolute atomic E-state index is 12.3. The number of carbonyl (C=O) groups excluding carboxylic acids is 1. The summed E-state index contributed by atoms with van der Waals surface area (Å²) in [7, 11) is 0. The van der Waals surface area contributed by atoms with Gasteiger partial charge in [-0.3, -0.25) is 4.79 Å². The van der Waals surface area contributed by atoms with Crippen LogP contribution in [0.4, 0.5) is 13.2 Å². The zero-order valence-corrected chi connectivity index (χ0v) is 8.71. The standard InChI is InChI=1S/C11H12F3NO/c1-8(16)15-10(7-11(12,13)14)9-5-3-2-4-6-9/h2-6,10H,7H2,1H3,(H,15,16)/t10-/m0/s1. The van der Waals surface area contributed by atoms with Gasteiger partial charge in [-0.05, 0) is 5.56 Å². The van der Waals surface area contributed by atoms with Crippen molar-refractivity contribution in [1.82, 2.24) is 5.32 Å². The number of halogens is 3. The Morgan fingerprint density at radius 3 is 2.31 bits per heavy atom. The SMILES string of the molecule is CC(=O)N[C@@H](CC(F)(F)F)c1ccccc1. The lowest BCUT2D eigenvalue weighted by Crippen LogP contribution is -2.30. The average molecular weight is 231 g/mol. The smallest absolute Gasteiger partial charge is 0.349 e. The summed E-state index contributed by atoms with van der Waals surface area (Å²) in [5, 5.41) is 2.29. The van der Waals surface area contributed by atoms with Gasteiger partial charge in [0.05, 0.1) is 12.5 Å². The number of amides is 1. The van der Waals surface area contributed by atoms with E-state index in [1.54, 1.807) is 30.3 Å². The van der Waals surface area contributed by atoms with Crippen molar-refractivity contribution >= 4 is 5.91 Å². The molecule has 0 fully saturated rings. The Labute approximate surface area is 91.5 Å². The summed E-state index contributed by atoms with van der Waals surface area (Å²) in [4.78, 5) is 10.8. The summed E-state index contributed by atoms with van der Waals surface area (Å²) in [6.45, 7) is 1.20. The highest BCUT2D eigenvalue weighted by Crippen LogP contribution is 2.29. The van der Waals surface area contributed by atoms with E-state index in [1.165, 1.54) is 6.92 Å². The van der Waals surface area contributed by atoms with Crippen molar-refractivity contribution in [2.24, 2.45) is 0 Å². The molecule has 0 aliphatic carbocycles. The Morgan fingerprint density at radius 2 is 1.88 bits per heavy atom.